The monoisotopic (exact) mass is 491 g/mol. The van der Waals surface area contributed by atoms with Gasteiger partial charge in [-0.25, -0.2) is 14.4 Å². The number of ether oxygens (including phenoxy) is 4. The lowest BCUT2D eigenvalue weighted by atomic mass is 9.97. The van der Waals surface area contributed by atoms with Crippen LogP contribution in [-0.4, -0.2) is 60.3 Å². The van der Waals surface area contributed by atoms with Crippen LogP contribution in [0.2, 0.25) is 0 Å². The average molecular weight is 491 g/mol. The highest BCUT2D eigenvalue weighted by Gasteiger charge is 2.49. The van der Waals surface area contributed by atoms with E-state index in [-0.39, 0.29) is 17.7 Å². The standard InChI is InChI=1S/C27H25NO8/c28-24-23(36-27(32)19-14-8-3-9-15-19)22(35-26(31)18-12-6-2-7-13-18)21(29)20(34-24)16-33-25(30)17-10-4-1-5-11-17/h1-15,20-24,29H,16,28H2. The van der Waals surface area contributed by atoms with E-state index >= 15 is 0 Å². The van der Waals surface area contributed by atoms with E-state index in [1.807, 2.05) is 0 Å². The summed E-state index contributed by atoms with van der Waals surface area (Å²) in [7, 11) is 0. The summed E-state index contributed by atoms with van der Waals surface area (Å²) in [6.45, 7) is -0.374. The van der Waals surface area contributed by atoms with Crippen LogP contribution < -0.4 is 5.73 Å². The molecule has 1 heterocycles. The summed E-state index contributed by atoms with van der Waals surface area (Å²) in [5.74, 6) is -2.12. The molecule has 9 nitrogen and oxygen atoms in total. The number of carbonyl (C=O) groups excluding carboxylic acids is 3. The predicted octanol–water partition coefficient (Wildman–Crippen LogP) is 2.34. The van der Waals surface area contributed by atoms with Crippen molar-refractivity contribution in [1.82, 2.24) is 0 Å². The van der Waals surface area contributed by atoms with E-state index in [2.05, 4.69) is 0 Å². The van der Waals surface area contributed by atoms with Gasteiger partial charge in [0, 0.05) is 0 Å². The number of hydrogen-bond donors (Lipinski definition) is 2. The Bertz CT molecular complexity index is 1170. The normalized spacial score (nSPS) is 23.3. The quantitative estimate of drug-likeness (QED) is 0.377. The maximum absolute atomic E-state index is 12.8. The number of rotatable bonds is 7. The molecule has 0 spiro atoms. The van der Waals surface area contributed by atoms with Crippen LogP contribution in [0.25, 0.3) is 0 Å². The predicted molar refractivity (Wildman–Crippen MR) is 127 cm³/mol. The molecule has 1 aliphatic heterocycles. The number of hydrogen-bond acceptors (Lipinski definition) is 9. The topological polar surface area (TPSA) is 134 Å². The van der Waals surface area contributed by atoms with Gasteiger partial charge in [0.2, 0.25) is 0 Å². The first kappa shape index (κ1) is 25.1. The third-order valence-corrected chi connectivity index (χ3v) is 5.59. The zero-order valence-electron chi connectivity index (χ0n) is 19.1. The highest BCUT2D eigenvalue weighted by molar-refractivity contribution is 5.90. The number of aliphatic hydroxyl groups is 1. The molecule has 0 amide bonds. The zero-order valence-corrected chi connectivity index (χ0v) is 19.1. The molecule has 3 N–H and O–H groups in total. The second-order valence-electron chi connectivity index (χ2n) is 8.07. The average Bonchev–Trinajstić information content (AvgIpc) is 2.92. The largest absolute Gasteiger partial charge is 0.459 e. The fourth-order valence-corrected chi connectivity index (χ4v) is 3.71. The third-order valence-electron chi connectivity index (χ3n) is 5.59. The Morgan fingerprint density at radius 1 is 0.694 bits per heavy atom. The van der Waals surface area contributed by atoms with Gasteiger partial charge in [-0.05, 0) is 36.4 Å². The summed E-state index contributed by atoms with van der Waals surface area (Å²) < 4.78 is 22.0. The molecule has 186 valence electrons. The Morgan fingerprint density at radius 3 is 1.58 bits per heavy atom. The van der Waals surface area contributed by atoms with Crippen molar-refractivity contribution >= 4 is 17.9 Å². The summed E-state index contributed by atoms with van der Waals surface area (Å²) >= 11 is 0. The lowest BCUT2D eigenvalue weighted by Crippen LogP contribution is -2.63. The van der Waals surface area contributed by atoms with Crippen LogP contribution in [0.4, 0.5) is 0 Å². The molecule has 3 aromatic rings. The van der Waals surface area contributed by atoms with Gasteiger partial charge in [-0.2, -0.15) is 0 Å². The van der Waals surface area contributed by atoms with Gasteiger partial charge in [0.25, 0.3) is 0 Å². The van der Waals surface area contributed by atoms with E-state index in [9.17, 15) is 19.5 Å². The minimum Gasteiger partial charge on any atom is -0.459 e. The number of nitrogens with two attached hydrogens (primary N) is 1. The summed E-state index contributed by atoms with van der Waals surface area (Å²) in [6.07, 6.45) is -6.67. The molecule has 3 aromatic carbocycles. The lowest BCUT2D eigenvalue weighted by molar-refractivity contribution is -0.227. The molecule has 0 radical (unpaired) electrons. The smallest absolute Gasteiger partial charge is 0.338 e. The first-order valence-corrected chi connectivity index (χ1v) is 11.3. The molecule has 36 heavy (non-hydrogen) atoms. The number of carbonyl (C=O) groups is 3. The van der Waals surface area contributed by atoms with Gasteiger partial charge < -0.3 is 29.8 Å². The van der Waals surface area contributed by atoms with Gasteiger partial charge in [0.05, 0.1) is 16.7 Å². The summed E-state index contributed by atoms with van der Waals surface area (Å²) in [6, 6.07) is 24.6. The molecule has 0 bridgehead atoms. The molecule has 9 heteroatoms. The fraction of sp³-hybridized carbons (Fsp3) is 0.222. The van der Waals surface area contributed by atoms with E-state index in [4.69, 9.17) is 24.7 Å². The van der Waals surface area contributed by atoms with Crippen LogP contribution in [0.1, 0.15) is 31.1 Å². The van der Waals surface area contributed by atoms with E-state index in [1.54, 1.807) is 78.9 Å². The number of esters is 3. The summed E-state index contributed by atoms with van der Waals surface area (Å²) in [5, 5.41) is 11.0. The Hall–Kier alpha value is -4.05. The van der Waals surface area contributed by atoms with Crippen molar-refractivity contribution in [2.24, 2.45) is 5.73 Å². The van der Waals surface area contributed by atoms with E-state index in [1.165, 1.54) is 12.1 Å². The van der Waals surface area contributed by atoms with Crippen molar-refractivity contribution < 1.29 is 38.4 Å². The molecule has 1 fully saturated rings. The Kier molecular flexibility index (Phi) is 8.06. The highest BCUT2D eigenvalue weighted by atomic mass is 16.6. The Morgan fingerprint density at radius 2 is 1.11 bits per heavy atom. The fourth-order valence-electron chi connectivity index (χ4n) is 3.71. The van der Waals surface area contributed by atoms with Crippen molar-refractivity contribution in [1.29, 1.82) is 0 Å². The second-order valence-corrected chi connectivity index (χ2v) is 8.07. The van der Waals surface area contributed by atoms with Crippen molar-refractivity contribution in [3.8, 4) is 0 Å². The molecule has 0 saturated carbocycles. The minimum absolute atomic E-state index is 0.227. The maximum Gasteiger partial charge on any atom is 0.338 e. The van der Waals surface area contributed by atoms with E-state index in [0.29, 0.717) is 5.56 Å². The van der Waals surface area contributed by atoms with Crippen molar-refractivity contribution in [2.75, 3.05) is 6.61 Å². The van der Waals surface area contributed by atoms with Gasteiger partial charge in [-0.3, -0.25) is 0 Å². The lowest BCUT2D eigenvalue weighted by Gasteiger charge is -2.42. The zero-order chi connectivity index (χ0) is 25.5. The number of aliphatic hydroxyl groups excluding tert-OH is 1. The van der Waals surface area contributed by atoms with Crippen LogP contribution in [0.15, 0.2) is 91.0 Å². The molecule has 1 aliphatic rings. The second kappa shape index (κ2) is 11.6. The summed E-state index contributed by atoms with van der Waals surface area (Å²) in [5.41, 5.74) is 6.92. The van der Waals surface area contributed by atoms with Gasteiger partial charge in [0.15, 0.2) is 12.2 Å². The van der Waals surface area contributed by atoms with Gasteiger partial charge in [-0.1, -0.05) is 54.6 Å². The van der Waals surface area contributed by atoms with Gasteiger partial charge in [-0.15, -0.1) is 0 Å². The van der Waals surface area contributed by atoms with Gasteiger partial charge >= 0.3 is 17.9 Å². The van der Waals surface area contributed by atoms with Crippen molar-refractivity contribution in [2.45, 2.75) is 30.6 Å². The van der Waals surface area contributed by atoms with Crippen LogP contribution in [0.3, 0.4) is 0 Å². The van der Waals surface area contributed by atoms with Crippen LogP contribution >= 0.6 is 0 Å². The SMILES string of the molecule is NC1OC(COC(=O)c2ccccc2)C(O)C(OC(=O)c2ccccc2)C1OC(=O)c1ccccc1. The Labute approximate surface area is 207 Å². The first-order chi connectivity index (χ1) is 17.4. The molecule has 4 rings (SSSR count). The van der Waals surface area contributed by atoms with Crippen molar-refractivity contribution in [3.05, 3.63) is 108 Å². The molecule has 1 saturated heterocycles. The molecular formula is C27H25NO8. The Balaban J connectivity index is 1.52. The van der Waals surface area contributed by atoms with Crippen LogP contribution in [0, 0.1) is 0 Å². The van der Waals surface area contributed by atoms with Crippen LogP contribution in [-0.2, 0) is 18.9 Å². The summed E-state index contributed by atoms with van der Waals surface area (Å²) in [4.78, 5) is 37.8. The van der Waals surface area contributed by atoms with E-state index < -0.39 is 48.6 Å². The third kappa shape index (κ3) is 5.95. The molecule has 0 aromatic heterocycles. The van der Waals surface area contributed by atoms with Crippen LogP contribution in [0.5, 0.6) is 0 Å². The first-order valence-electron chi connectivity index (χ1n) is 11.3. The molecule has 0 aliphatic carbocycles. The molecule has 5 atom stereocenters. The van der Waals surface area contributed by atoms with Crippen molar-refractivity contribution in [3.63, 3.8) is 0 Å². The molecule has 5 unspecified atom stereocenters. The van der Waals surface area contributed by atoms with Gasteiger partial charge in [0.1, 0.15) is 25.0 Å². The minimum atomic E-state index is -1.52. The highest BCUT2D eigenvalue weighted by Crippen LogP contribution is 2.26. The maximum atomic E-state index is 12.8. The number of benzene rings is 3. The molecular weight excluding hydrogens is 466 g/mol. The van der Waals surface area contributed by atoms with E-state index in [0.717, 1.165) is 0 Å².